The van der Waals surface area contributed by atoms with Gasteiger partial charge in [0.2, 0.25) is 0 Å². The quantitative estimate of drug-likeness (QED) is 0.256. The molecule has 1 aliphatic heterocycles. The number of nitrogens with one attached hydrogen (secondary N) is 3. The van der Waals surface area contributed by atoms with Gasteiger partial charge in [-0.05, 0) is 18.6 Å². The number of hydrogen-bond donors (Lipinski definition) is 3. The van der Waals surface area contributed by atoms with Crippen LogP contribution in [0.1, 0.15) is 23.7 Å². The highest BCUT2D eigenvalue weighted by Crippen LogP contribution is 2.30. The molecular weight excluding hydrogens is 495 g/mol. The van der Waals surface area contributed by atoms with E-state index in [9.17, 15) is 4.39 Å². The van der Waals surface area contributed by atoms with Gasteiger partial charge in [0, 0.05) is 38.6 Å². The number of rotatable bonds is 10. The molecule has 12 heteroatoms. The van der Waals surface area contributed by atoms with Crippen LogP contribution in [0.4, 0.5) is 10.2 Å². The average molecular weight is 517 g/mol. The van der Waals surface area contributed by atoms with E-state index in [0.717, 1.165) is 56.5 Å². The number of aliphatic imine (C=N–C) groups is 1. The number of imidazole rings is 1. The normalized spacial score (nSPS) is 13.8. The van der Waals surface area contributed by atoms with E-state index in [0.29, 0.717) is 29.9 Å². The van der Waals surface area contributed by atoms with Crippen molar-refractivity contribution in [1.82, 2.24) is 30.2 Å². The van der Waals surface area contributed by atoms with Gasteiger partial charge >= 0.3 is 0 Å². The highest BCUT2D eigenvalue weighted by molar-refractivity contribution is 7.19. The predicted molar refractivity (Wildman–Crippen MR) is 137 cm³/mol. The first-order chi connectivity index (χ1) is 16.7. The molecule has 176 valence electrons. The molecule has 34 heavy (non-hydrogen) atoms. The first-order valence-electron chi connectivity index (χ1n) is 10.9. The van der Waals surface area contributed by atoms with Crippen LogP contribution in [0.25, 0.3) is 20.9 Å². The average Bonchev–Trinajstić information content (AvgIpc) is 3.58. The Morgan fingerprint density at radius 1 is 1.12 bits per heavy atom. The lowest BCUT2D eigenvalue weighted by atomic mass is 10.2. The summed E-state index contributed by atoms with van der Waals surface area (Å²) in [4.78, 5) is 27.2. The zero-order valence-corrected chi connectivity index (χ0v) is 20.5. The van der Waals surface area contributed by atoms with Crippen LogP contribution < -0.4 is 10.6 Å². The van der Waals surface area contributed by atoms with E-state index in [2.05, 4.69) is 35.6 Å². The summed E-state index contributed by atoms with van der Waals surface area (Å²) in [5.74, 6) is 1.36. The minimum atomic E-state index is -0.174. The van der Waals surface area contributed by atoms with Crippen molar-refractivity contribution in [3.8, 4) is 10.6 Å². The van der Waals surface area contributed by atoms with E-state index in [1.807, 2.05) is 18.3 Å². The number of thiophene rings is 1. The van der Waals surface area contributed by atoms with Gasteiger partial charge in [0.15, 0.2) is 5.82 Å². The number of allylic oxidation sites excluding steroid dienone is 1. The van der Waals surface area contributed by atoms with Crippen LogP contribution in [-0.4, -0.2) is 50.8 Å². The Morgan fingerprint density at radius 2 is 2.03 bits per heavy atom. The molecule has 8 nitrogen and oxygen atoms in total. The number of nitrogens with zero attached hydrogens (tertiary/aromatic N) is 5. The molecular formula is C22H22ClFN8S2. The molecule has 0 fully saturated rings. The Hall–Kier alpha value is -2.73. The number of aromatic amines is 1. The number of hydrogen-bond acceptors (Lipinski definition) is 9. The summed E-state index contributed by atoms with van der Waals surface area (Å²) in [7, 11) is 0. The molecule has 0 aliphatic carbocycles. The number of fused-ring (bicyclic) bond motifs is 1. The van der Waals surface area contributed by atoms with Gasteiger partial charge in [0.05, 0.1) is 38.4 Å². The molecule has 0 bridgehead atoms. The topological polar surface area (TPSA) is 104 Å². The molecule has 0 unspecified atom stereocenters. The van der Waals surface area contributed by atoms with Gasteiger partial charge in [-0.2, -0.15) is 0 Å². The van der Waals surface area contributed by atoms with E-state index in [-0.39, 0.29) is 12.4 Å². The van der Waals surface area contributed by atoms with Gasteiger partial charge in [-0.15, -0.1) is 11.3 Å². The fraction of sp³-hybridized carbons (Fsp3) is 0.318. The minimum Gasteiger partial charge on any atom is -0.362 e. The Kier molecular flexibility index (Phi) is 7.24. The highest BCUT2D eigenvalue weighted by atomic mass is 35.5. The van der Waals surface area contributed by atoms with Crippen molar-refractivity contribution in [2.24, 2.45) is 4.99 Å². The highest BCUT2D eigenvalue weighted by Gasteiger charge is 2.13. The molecule has 0 saturated carbocycles. The van der Waals surface area contributed by atoms with Crippen molar-refractivity contribution in [3.63, 3.8) is 0 Å². The largest absolute Gasteiger partial charge is 0.362 e. The van der Waals surface area contributed by atoms with Crippen molar-refractivity contribution >= 4 is 56.7 Å². The molecule has 4 aromatic rings. The molecule has 4 aromatic heterocycles. The lowest BCUT2D eigenvalue weighted by Gasteiger charge is -2.10. The second-order valence-electron chi connectivity index (χ2n) is 7.64. The van der Waals surface area contributed by atoms with Crippen LogP contribution in [0.3, 0.4) is 0 Å². The molecule has 0 aromatic carbocycles. The fourth-order valence-electron chi connectivity index (χ4n) is 3.52. The maximum Gasteiger partial charge on any atom is 0.157 e. The van der Waals surface area contributed by atoms with Crippen LogP contribution >= 0.6 is 34.3 Å². The number of aromatic nitrogens is 5. The molecule has 0 saturated heterocycles. The zero-order valence-electron chi connectivity index (χ0n) is 18.1. The molecule has 5 rings (SSSR count). The number of thiazole rings is 1. The number of halogens is 2. The molecule has 1 aliphatic rings. The van der Waals surface area contributed by atoms with Crippen molar-refractivity contribution < 1.29 is 4.39 Å². The third kappa shape index (κ3) is 5.49. The molecule has 0 radical (unpaired) electrons. The molecule has 3 N–H and O–H groups in total. The van der Waals surface area contributed by atoms with Crippen LogP contribution in [0.2, 0.25) is 4.34 Å². The lowest BCUT2D eigenvalue weighted by molar-refractivity contribution is 0.575. The standard InChI is InChI=1S/C22H22ClFN8S2/c23-17-4-3-16(33-17)15-11-27-18(31-15)5-8-25-9-6-19-32-20-21(29-12-30-22(20)34-19)28-10-14-13(24)2-1-7-26-14/h3-4,7,11-12,25H,1-2,5-6,8-10H2,(H,27,31)(H,28,29,30). The maximum absolute atomic E-state index is 13.9. The number of anilines is 1. The molecule has 0 atom stereocenters. The second-order valence-corrected chi connectivity index (χ2v) is 10.4. The van der Waals surface area contributed by atoms with E-state index >= 15 is 0 Å². The van der Waals surface area contributed by atoms with E-state index in [1.165, 1.54) is 17.7 Å². The summed E-state index contributed by atoms with van der Waals surface area (Å²) in [6, 6.07) is 3.88. The number of H-pyrrole nitrogens is 1. The Labute approximate surface area is 208 Å². The Balaban J connectivity index is 1.11. The first-order valence-corrected chi connectivity index (χ1v) is 12.9. The van der Waals surface area contributed by atoms with Gasteiger partial charge in [-0.1, -0.05) is 22.9 Å². The van der Waals surface area contributed by atoms with E-state index in [4.69, 9.17) is 16.6 Å². The Bertz CT molecular complexity index is 1340. The van der Waals surface area contributed by atoms with Crippen molar-refractivity contribution in [2.75, 3.05) is 25.0 Å². The SMILES string of the molecule is FC1=C(CNc2ncnc3sc(CCNCCc4ncc(-c5ccc(Cl)s5)[nH]4)nc23)N=CCC1. The van der Waals surface area contributed by atoms with Crippen molar-refractivity contribution in [3.05, 3.63) is 51.3 Å². The summed E-state index contributed by atoms with van der Waals surface area (Å²) in [6.07, 6.45) is 7.71. The monoisotopic (exact) mass is 516 g/mol. The van der Waals surface area contributed by atoms with Crippen LogP contribution in [0, 0.1) is 0 Å². The summed E-state index contributed by atoms with van der Waals surface area (Å²) in [6.45, 7) is 1.87. The fourth-order valence-corrected chi connectivity index (χ4v) is 5.44. The lowest BCUT2D eigenvalue weighted by Crippen LogP contribution is -2.20. The van der Waals surface area contributed by atoms with Gasteiger partial charge in [0.1, 0.15) is 28.3 Å². The van der Waals surface area contributed by atoms with Crippen molar-refractivity contribution in [1.29, 1.82) is 0 Å². The Morgan fingerprint density at radius 3 is 2.88 bits per heavy atom. The van der Waals surface area contributed by atoms with Crippen LogP contribution in [0.15, 0.2) is 41.2 Å². The van der Waals surface area contributed by atoms with Gasteiger partial charge in [0.25, 0.3) is 0 Å². The van der Waals surface area contributed by atoms with E-state index in [1.54, 1.807) is 17.6 Å². The maximum atomic E-state index is 13.9. The van der Waals surface area contributed by atoms with Gasteiger partial charge in [-0.3, -0.25) is 4.99 Å². The minimum absolute atomic E-state index is 0.174. The van der Waals surface area contributed by atoms with Crippen molar-refractivity contribution in [2.45, 2.75) is 25.7 Å². The second kappa shape index (κ2) is 10.7. The van der Waals surface area contributed by atoms with Crippen LogP contribution in [0.5, 0.6) is 0 Å². The summed E-state index contributed by atoms with van der Waals surface area (Å²) >= 11 is 9.09. The third-order valence-electron chi connectivity index (χ3n) is 5.24. The predicted octanol–water partition coefficient (Wildman–Crippen LogP) is 5.02. The zero-order chi connectivity index (χ0) is 23.3. The molecule has 5 heterocycles. The summed E-state index contributed by atoms with van der Waals surface area (Å²) in [5.41, 5.74) is 2.11. The molecule has 0 spiro atoms. The van der Waals surface area contributed by atoms with E-state index < -0.39 is 0 Å². The smallest absolute Gasteiger partial charge is 0.157 e. The van der Waals surface area contributed by atoms with Gasteiger partial charge < -0.3 is 15.6 Å². The van der Waals surface area contributed by atoms with Crippen LogP contribution in [-0.2, 0) is 12.8 Å². The molecule has 0 amide bonds. The summed E-state index contributed by atoms with van der Waals surface area (Å²) < 4.78 is 14.7. The van der Waals surface area contributed by atoms with Gasteiger partial charge in [-0.25, -0.2) is 24.3 Å². The first kappa shape index (κ1) is 23.0. The third-order valence-corrected chi connectivity index (χ3v) is 7.53. The summed E-state index contributed by atoms with van der Waals surface area (Å²) in [5, 5.41) is 7.57.